The van der Waals surface area contributed by atoms with Crippen molar-refractivity contribution in [2.45, 2.75) is 26.7 Å². The molecule has 0 spiro atoms. The molecule has 2 rings (SSSR count). The minimum Gasteiger partial charge on any atom is -0.299 e. The topological polar surface area (TPSA) is 30.0 Å². The van der Waals surface area contributed by atoms with E-state index in [9.17, 15) is 4.79 Å². The molecular weight excluding hydrogens is 230 g/mol. The number of carbonyl (C=O) groups excluding carboxylic acids is 1. The Morgan fingerprint density at radius 3 is 2.71 bits per heavy atom. The maximum absolute atomic E-state index is 11.9. The standard InChI is InChI=1S/C14H15NOS/c1-10-3-4-12(5-11(10)2)6-13(16)7-14-8-15-9-17-14/h3-5,8-9H,6-7H2,1-2H3. The van der Waals surface area contributed by atoms with E-state index in [1.807, 2.05) is 6.07 Å². The molecule has 88 valence electrons. The van der Waals surface area contributed by atoms with Gasteiger partial charge in [-0.15, -0.1) is 11.3 Å². The Bertz CT molecular complexity index is 517. The summed E-state index contributed by atoms with van der Waals surface area (Å²) in [6.07, 6.45) is 2.78. The van der Waals surface area contributed by atoms with Gasteiger partial charge < -0.3 is 0 Å². The molecule has 0 bridgehead atoms. The van der Waals surface area contributed by atoms with Crippen molar-refractivity contribution in [1.82, 2.24) is 4.98 Å². The van der Waals surface area contributed by atoms with E-state index < -0.39 is 0 Å². The summed E-state index contributed by atoms with van der Waals surface area (Å²) in [6.45, 7) is 4.16. The van der Waals surface area contributed by atoms with Crippen LogP contribution in [0.15, 0.2) is 29.9 Å². The molecule has 0 amide bonds. The molecule has 0 unspecified atom stereocenters. The number of aryl methyl sites for hydroxylation is 2. The third kappa shape index (κ3) is 3.24. The minimum atomic E-state index is 0.248. The summed E-state index contributed by atoms with van der Waals surface area (Å²) in [7, 11) is 0. The third-order valence-electron chi connectivity index (χ3n) is 2.83. The molecule has 0 aliphatic carbocycles. The number of ketones is 1. The highest BCUT2D eigenvalue weighted by Crippen LogP contribution is 2.13. The fraction of sp³-hybridized carbons (Fsp3) is 0.286. The van der Waals surface area contributed by atoms with Crippen LogP contribution in [0.25, 0.3) is 0 Å². The zero-order chi connectivity index (χ0) is 12.3. The van der Waals surface area contributed by atoms with E-state index in [-0.39, 0.29) is 5.78 Å². The summed E-state index contributed by atoms with van der Waals surface area (Å²) in [5.41, 5.74) is 5.37. The van der Waals surface area contributed by atoms with Crippen molar-refractivity contribution in [3.63, 3.8) is 0 Å². The van der Waals surface area contributed by atoms with E-state index in [2.05, 4.69) is 31.0 Å². The summed E-state index contributed by atoms with van der Waals surface area (Å²) in [5, 5.41) is 0. The van der Waals surface area contributed by atoms with E-state index in [4.69, 9.17) is 0 Å². The maximum atomic E-state index is 11.9. The lowest BCUT2D eigenvalue weighted by molar-refractivity contribution is -0.117. The number of carbonyl (C=O) groups is 1. The summed E-state index contributed by atoms with van der Waals surface area (Å²) in [4.78, 5) is 16.9. The molecule has 1 aromatic heterocycles. The Balaban J connectivity index is 2.00. The fourth-order valence-corrected chi connectivity index (χ4v) is 2.35. The van der Waals surface area contributed by atoms with Crippen molar-refractivity contribution in [2.75, 3.05) is 0 Å². The van der Waals surface area contributed by atoms with Gasteiger partial charge in [0.15, 0.2) is 0 Å². The molecule has 0 N–H and O–H groups in total. The van der Waals surface area contributed by atoms with Gasteiger partial charge in [-0.3, -0.25) is 9.78 Å². The van der Waals surface area contributed by atoms with Crippen LogP contribution in [0.4, 0.5) is 0 Å². The first-order valence-electron chi connectivity index (χ1n) is 5.60. The monoisotopic (exact) mass is 245 g/mol. The average molecular weight is 245 g/mol. The highest BCUT2D eigenvalue weighted by atomic mass is 32.1. The summed E-state index contributed by atoms with van der Waals surface area (Å²) in [6, 6.07) is 6.21. The predicted octanol–water partition coefficient (Wildman–Crippen LogP) is 3.11. The molecule has 1 heterocycles. The van der Waals surface area contributed by atoms with Crippen LogP contribution in [0.1, 0.15) is 21.6 Å². The molecule has 0 aliphatic rings. The largest absolute Gasteiger partial charge is 0.299 e. The molecule has 3 heteroatoms. The molecule has 0 atom stereocenters. The van der Waals surface area contributed by atoms with Gasteiger partial charge in [0, 0.05) is 23.9 Å². The van der Waals surface area contributed by atoms with Crippen LogP contribution in [-0.2, 0) is 17.6 Å². The van der Waals surface area contributed by atoms with Crippen LogP contribution in [0.2, 0.25) is 0 Å². The molecule has 17 heavy (non-hydrogen) atoms. The average Bonchev–Trinajstić information content (AvgIpc) is 2.76. The first-order chi connectivity index (χ1) is 8.15. The second-order valence-electron chi connectivity index (χ2n) is 4.28. The lowest BCUT2D eigenvalue weighted by Crippen LogP contribution is -2.05. The Morgan fingerprint density at radius 2 is 2.06 bits per heavy atom. The first-order valence-corrected chi connectivity index (χ1v) is 6.48. The molecule has 1 aromatic carbocycles. The van der Waals surface area contributed by atoms with Crippen molar-refractivity contribution in [1.29, 1.82) is 0 Å². The number of hydrogen-bond donors (Lipinski definition) is 0. The summed E-state index contributed by atoms with van der Waals surface area (Å²) >= 11 is 1.54. The van der Waals surface area contributed by atoms with Crippen LogP contribution < -0.4 is 0 Å². The zero-order valence-corrected chi connectivity index (χ0v) is 10.9. The molecular formula is C14H15NOS. The number of rotatable bonds is 4. The lowest BCUT2D eigenvalue weighted by Gasteiger charge is -2.04. The van der Waals surface area contributed by atoms with Gasteiger partial charge in [0.2, 0.25) is 0 Å². The Hall–Kier alpha value is -1.48. The first kappa shape index (κ1) is 12.0. The van der Waals surface area contributed by atoms with Crippen molar-refractivity contribution >= 4 is 17.1 Å². The van der Waals surface area contributed by atoms with Crippen LogP contribution in [0.3, 0.4) is 0 Å². The van der Waals surface area contributed by atoms with E-state index >= 15 is 0 Å². The van der Waals surface area contributed by atoms with Gasteiger partial charge >= 0.3 is 0 Å². The Kier molecular flexibility index (Phi) is 3.69. The highest BCUT2D eigenvalue weighted by molar-refractivity contribution is 7.09. The van der Waals surface area contributed by atoms with Gasteiger partial charge in [0.1, 0.15) is 5.78 Å². The third-order valence-corrected chi connectivity index (χ3v) is 3.61. The summed E-state index contributed by atoms with van der Waals surface area (Å²) < 4.78 is 0. The number of hydrogen-bond acceptors (Lipinski definition) is 3. The van der Waals surface area contributed by atoms with E-state index in [0.29, 0.717) is 12.8 Å². The van der Waals surface area contributed by atoms with Gasteiger partial charge in [0.25, 0.3) is 0 Å². The van der Waals surface area contributed by atoms with Gasteiger partial charge in [-0.25, -0.2) is 0 Å². The molecule has 2 nitrogen and oxygen atoms in total. The fourth-order valence-electron chi connectivity index (χ4n) is 1.73. The van der Waals surface area contributed by atoms with Crippen LogP contribution in [-0.4, -0.2) is 10.8 Å². The van der Waals surface area contributed by atoms with Crippen LogP contribution in [0, 0.1) is 13.8 Å². The zero-order valence-electron chi connectivity index (χ0n) is 10.1. The predicted molar refractivity (Wildman–Crippen MR) is 70.4 cm³/mol. The van der Waals surface area contributed by atoms with E-state index in [1.165, 1.54) is 22.5 Å². The van der Waals surface area contributed by atoms with Crippen molar-refractivity contribution in [3.8, 4) is 0 Å². The van der Waals surface area contributed by atoms with Crippen LogP contribution >= 0.6 is 11.3 Å². The SMILES string of the molecule is Cc1ccc(CC(=O)Cc2cncs2)cc1C. The van der Waals surface area contributed by atoms with Crippen molar-refractivity contribution < 1.29 is 4.79 Å². The Morgan fingerprint density at radius 1 is 1.24 bits per heavy atom. The molecule has 0 radical (unpaired) electrons. The number of thiazole rings is 1. The quantitative estimate of drug-likeness (QED) is 0.828. The van der Waals surface area contributed by atoms with Crippen molar-refractivity contribution in [3.05, 3.63) is 51.5 Å². The highest BCUT2D eigenvalue weighted by Gasteiger charge is 2.07. The second-order valence-corrected chi connectivity index (χ2v) is 5.25. The molecule has 0 aliphatic heterocycles. The molecule has 2 aromatic rings. The maximum Gasteiger partial charge on any atom is 0.142 e. The van der Waals surface area contributed by atoms with E-state index in [1.54, 1.807) is 11.7 Å². The molecule has 0 saturated heterocycles. The molecule has 0 saturated carbocycles. The lowest BCUT2D eigenvalue weighted by atomic mass is 10.0. The van der Waals surface area contributed by atoms with E-state index in [0.717, 1.165) is 10.4 Å². The number of aromatic nitrogens is 1. The number of nitrogens with zero attached hydrogens (tertiary/aromatic N) is 1. The van der Waals surface area contributed by atoms with Crippen LogP contribution in [0.5, 0.6) is 0 Å². The molecule has 0 fully saturated rings. The summed E-state index contributed by atoms with van der Waals surface area (Å²) in [5.74, 6) is 0.248. The normalized spacial score (nSPS) is 10.5. The van der Waals surface area contributed by atoms with Crippen molar-refractivity contribution in [2.24, 2.45) is 0 Å². The Labute approximate surface area is 105 Å². The van der Waals surface area contributed by atoms with Gasteiger partial charge in [-0.2, -0.15) is 0 Å². The second kappa shape index (κ2) is 5.23. The van der Waals surface area contributed by atoms with Gasteiger partial charge in [-0.05, 0) is 30.5 Å². The van der Waals surface area contributed by atoms with Gasteiger partial charge in [-0.1, -0.05) is 18.2 Å². The number of benzene rings is 1. The smallest absolute Gasteiger partial charge is 0.142 e. The minimum absolute atomic E-state index is 0.248. The number of Topliss-reactive ketones (excluding diaryl/α,β-unsaturated/α-hetero) is 1. The van der Waals surface area contributed by atoms with Gasteiger partial charge in [0.05, 0.1) is 5.51 Å².